The molecule has 1 aliphatic rings. The number of aryl methyl sites for hydroxylation is 1. The lowest BCUT2D eigenvalue weighted by molar-refractivity contribution is 0.302. The van der Waals surface area contributed by atoms with Crippen LogP contribution < -0.4 is 10.1 Å². The van der Waals surface area contributed by atoms with Crippen LogP contribution in [0.5, 0.6) is 5.75 Å². The van der Waals surface area contributed by atoms with Gasteiger partial charge in [-0.05, 0) is 68.0 Å². The fourth-order valence-corrected chi connectivity index (χ4v) is 4.19. The van der Waals surface area contributed by atoms with Gasteiger partial charge in [-0.3, -0.25) is 0 Å². The van der Waals surface area contributed by atoms with Crippen LogP contribution in [-0.2, 0) is 13.2 Å². The van der Waals surface area contributed by atoms with E-state index in [9.17, 15) is 0 Å². The largest absolute Gasteiger partial charge is 0.489 e. The van der Waals surface area contributed by atoms with Crippen LogP contribution >= 0.6 is 0 Å². The van der Waals surface area contributed by atoms with Crippen LogP contribution in [0, 0.1) is 6.92 Å². The third-order valence-electron chi connectivity index (χ3n) is 5.78. The minimum Gasteiger partial charge on any atom is -0.489 e. The molecule has 0 unspecified atom stereocenters. The van der Waals surface area contributed by atoms with Crippen molar-refractivity contribution in [2.45, 2.75) is 52.2 Å². The molecule has 0 saturated carbocycles. The van der Waals surface area contributed by atoms with Crippen LogP contribution in [0.3, 0.4) is 0 Å². The van der Waals surface area contributed by atoms with E-state index in [0.29, 0.717) is 6.61 Å². The Labute approximate surface area is 174 Å². The SMILES string of the molecule is Cc1cccc(COc2ccc3ccccc3c2CNCCC2=CCCCC2)c1. The van der Waals surface area contributed by atoms with Crippen molar-refractivity contribution in [1.29, 1.82) is 0 Å². The number of hydrogen-bond donors (Lipinski definition) is 1. The van der Waals surface area contributed by atoms with Crippen molar-refractivity contribution in [1.82, 2.24) is 5.32 Å². The number of allylic oxidation sites excluding steroid dienone is 1. The van der Waals surface area contributed by atoms with Gasteiger partial charge in [0.05, 0.1) is 0 Å². The van der Waals surface area contributed by atoms with Gasteiger partial charge in [-0.1, -0.05) is 71.8 Å². The third-order valence-corrected chi connectivity index (χ3v) is 5.78. The Morgan fingerprint density at radius 2 is 1.90 bits per heavy atom. The maximum Gasteiger partial charge on any atom is 0.124 e. The molecule has 4 rings (SSSR count). The van der Waals surface area contributed by atoms with Crippen LogP contribution in [0.15, 0.2) is 72.3 Å². The number of nitrogens with one attached hydrogen (secondary N) is 1. The molecule has 3 aromatic rings. The summed E-state index contributed by atoms with van der Waals surface area (Å²) in [5, 5.41) is 6.21. The predicted molar refractivity (Wildman–Crippen MR) is 122 cm³/mol. The van der Waals surface area contributed by atoms with Crippen LogP contribution in [0.2, 0.25) is 0 Å². The monoisotopic (exact) mass is 385 g/mol. The van der Waals surface area contributed by atoms with Gasteiger partial charge in [-0.2, -0.15) is 0 Å². The van der Waals surface area contributed by atoms with Crippen molar-refractivity contribution in [2.24, 2.45) is 0 Å². The summed E-state index contributed by atoms with van der Waals surface area (Å²) >= 11 is 0. The lowest BCUT2D eigenvalue weighted by Crippen LogP contribution is -2.16. The van der Waals surface area contributed by atoms with Gasteiger partial charge in [0, 0.05) is 12.1 Å². The topological polar surface area (TPSA) is 21.3 Å². The lowest BCUT2D eigenvalue weighted by atomic mass is 9.97. The van der Waals surface area contributed by atoms with Crippen LogP contribution in [0.1, 0.15) is 48.8 Å². The van der Waals surface area contributed by atoms with E-state index in [1.165, 1.54) is 53.1 Å². The first-order chi connectivity index (χ1) is 14.3. The summed E-state index contributed by atoms with van der Waals surface area (Å²) in [4.78, 5) is 0. The Balaban J connectivity index is 1.47. The second-order valence-electron chi connectivity index (χ2n) is 8.08. The highest BCUT2D eigenvalue weighted by molar-refractivity contribution is 5.87. The molecule has 0 heterocycles. The van der Waals surface area contributed by atoms with E-state index in [-0.39, 0.29) is 0 Å². The molecule has 0 radical (unpaired) electrons. The van der Waals surface area contributed by atoms with Crippen molar-refractivity contribution in [3.63, 3.8) is 0 Å². The average Bonchev–Trinajstić information content (AvgIpc) is 2.76. The van der Waals surface area contributed by atoms with Crippen molar-refractivity contribution >= 4 is 10.8 Å². The van der Waals surface area contributed by atoms with Gasteiger partial charge in [0.25, 0.3) is 0 Å². The molecule has 2 nitrogen and oxygen atoms in total. The first-order valence-corrected chi connectivity index (χ1v) is 10.9. The molecule has 0 aliphatic heterocycles. The standard InChI is InChI=1S/C27H31NO/c1-21-8-7-11-23(18-21)20-29-27-15-14-24-12-5-6-13-25(24)26(27)19-28-17-16-22-9-3-2-4-10-22/h5-9,11-15,18,28H,2-4,10,16-17,19-20H2,1H3. The van der Waals surface area contributed by atoms with E-state index in [1.54, 1.807) is 5.57 Å². The summed E-state index contributed by atoms with van der Waals surface area (Å²) in [6.45, 7) is 4.57. The molecule has 3 aromatic carbocycles. The van der Waals surface area contributed by atoms with E-state index in [1.807, 2.05) is 0 Å². The molecular formula is C27H31NO. The fraction of sp³-hybridized carbons (Fsp3) is 0.333. The normalized spacial score (nSPS) is 14.0. The highest BCUT2D eigenvalue weighted by atomic mass is 16.5. The molecule has 0 saturated heterocycles. The number of benzene rings is 3. The van der Waals surface area contributed by atoms with Gasteiger partial charge in [0.15, 0.2) is 0 Å². The molecule has 2 heteroatoms. The Kier molecular flexibility index (Phi) is 6.63. The molecule has 0 amide bonds. The van der Waals surface area contributed by atoms with E-state index in [2.05, 4.69) is 79.0 Å². The number of rotatable bonds is 8. The molecule has 0 spiro atoms. The Morgan fingerprint density at radius 3 is 2.76 bits per heavy atom. The van der Waals surface area contributed by atoms with Crippen molar-refractivity contribution in [2.75, 3.05) is 6.54 Å². The van der Waals surface area contributed by atoms with E-state index in [4.69, 9.17) is 4.74 Å². The number of fused-ring (bicyclic) bond motifs is 1. The second-order valence-corrected chi connectivity index (χ2v) is 8.08. The molecule has 0 aromatic heterocycles. The van der Waals surface area contributed by atoms with Gasteiger partial charge < -0.3 is 10.1 Å². The third kappa shape index (κ3) is 5.27. The maximum absolute atomic E-state index is 6.28. The van der Waals surface area contributed by atoms with E-state index >= 15 is 0 Å². The van der Waals surface area contributed by atoms with Gasteiger partial charge in [-0.15, -0.1) is 0 Å². The smallest absolute Gasteiger partial charge is 0.124 e. The minimum atomic E-state index is 0.597. The summed E-state index contributed by atoms with van der Waals surface area (Å²) in [5.41, 5.74) is 5.36. The predicted octanol–water partition coefficient (Wildman–Crippen LogP) is 6.71. The van der Waals surface area contributed by atoms with E-state index in [0.717, 1.165) is 25.3 Å². The zero-order valence-electron chi connectivity index (χ0n) is 17.4. The van der Waals surface area contributed by atoms with Crippen molar-refractivity contribution < 1.29 is 4.74 Å². The quantitative estimate of drug-likeness (QED) is 0.344. The van der Waals surface area contributed by atoms with Crippen molar-refractivity contribution in [3.05, 3.63) is 89.0 Å². The molecule has 29 heavy (non-hydrogen) atoms. The van der Waals surface area contributed by atoms with Crippen LogP contribution in [-0.4, -0.2) is 6.54 Å². The summed E-state index contributed by atoms with van der Waals surface area (Å²) in [6.07, 6.45) is 8.85. The summed E-state index contributed by atoms with van der Waals surface area (Å²) < 4.78 is 6.28. The first kappa shape index (κ1) is 19.7. The van der Waals surface area contributed by atoms with Crippen LogP contribution in [0.25, 0.3) is 10.8 Å². The summed E-state index contributed by atoms with van der Waals surface area (Å²) in [7, 11) is 0. The fourth-order valence-electron chi connectivity index (χ4n) is 4.19. The zero-order valence-corrected chi connectivity index (χ0v) is 17.4. The lowest BCUT2D eigenvalue weighted by Gasteiger charge is -2.16. The molecule has 1 aliphatic carbocycles. The van der Waals surface area contributed by atoms with Crippen LogP contribution in [0.4, 0.5) is 0 Å². The highest BCUT2D eigenvalue weighted by Crippen LogP contribution is 2.29. The zero-order chi connectivity index (χ0) is 19.9. The Bertz CT molecular complexity index is 989. The second kappa shape index (κ2) is 9.76. The van der Waals surface area contributed by atoms with E-state index < -0.39 is 0 Å². The Morgan fingerprint density at radius 1 is 0.966 bits per heavy atom. The number of hydrogen-bond acceptors (Lipinski definition) is 2. The highest BCUT2D eigenvalue weighted by Gasteiger charge is 2.10. The van der Waals surface area contributed by atoms with Crippen molar-refractivity contribution in [3.8, 4) is 5.75 Å². The minimum absolute atomic E-state index is 0.597. The van der Waals surface area contributed by atoms with Gasteiger partial charge in [-0.25, -0.2) is 0 Å². The average molecular weight is 386 g/mol. The molecule has 1 N–H and O–H groups in total. The Hall–Kier alpha value is -2.58. The summed E-state index contributed by atoms with van der Waals surface area (Å²) in [5.74, 6) is 0.981. The molecular weight excluding hydrogens is 354 g/mol. The summed E-state index contributed by atoms with van der Waals surface area (Å²) in [6, 6.07) is 21.4. The first-order valence-electron chi connectivity index (χ1n) is 10.9. The van der Waals surface area contributed by atoms with Gasteiger partial charge in [0.2, 0.25) is 0 Å². The van der Waals surface area contributed by atoms with Gasteiger partial charge in [0.1, 0.15) is 12.4 Å². The van der Waals surface area contributed by atoms with Gasteiger partial charge >= 0.3 is 0 Å². The molecule has 0 fully saturated rings. The molecule has 0 atom stereocenters. The number of ether oxygens (including phenoxy) is 1. The molecule has 0 bridgehead atoms. The molecule has 150 valence electrons. The maximum atomic E-state index is 6.28.